The molecule has 3 heteroatoms. The lowest BCUT2D eigenvalue weighted by Crippen LogP contribution is -1.97. The monoisotopic (exact) mass is 240 g/mol. The number of benzene rings is 1. The Morgan fingerprint density at radius 1 is 1.00 bits per heavy atom. The molecule has 96 valence electrons. The van der Waals surface area contributed by atoms with Crippen LogP contribution in [0.1, 0.15) is 32.1 Å². The van der Waals surface area contributed by atoms with Crippen LogP contribution < -0.4 is 4.74 Å². The third-order valence-electron chi connectivity index (χ3n) is 2.56. The van der Waals surface area contributed by atoms with Crippen LogP contribution >= 0.6 is 0 Å². The maximum Gasteiger partial charge on any atom is 0.126 e. The van der Waals surface area contributed by atoms with E-state index < -0.39 is 0 Å². The summed E-state index contributed by atoms with van der Waals surface area (Å²) in [5.74, 6) is 0.367. The van der Waals surface area contributed by atoms with Gasteiger partial charge in [-0.25, -0.2) is 4.39 Å². The number of hydrogen-bond acceptors (Lipinski definition) is 2. The molecule has 0 aliphatic carbocycles. The number of halogens is 1. The van der Waals surface area contributed by atoms with Crippen molar-refractivity contribution < 1.29 is 13.9 Å². The van der Waals surface area contributed by atoms with Crippen molar-refractivity contribution >= 4 is 0 Å². The Kier molecular flexibility index (Phi) is 7.39. The Balaban J connectivity index is 1.97. The number of rotatable bonds is 9. The first-order valence-electron chi connectivity index (χ1n) is 6.20. The van der Waals surface area contributed by atoms with Crippen LogP contribution in [0.3, 0.4) is 0 Å². The third kappa shape index (κ3) is 6.95. The van der Waals surface area contributed by atoms with Gasteiger partial charge in [0.2, 0.25) is 0 Å². The van der Waals surface area contributed by atoms with Crippen molar-refractivity contribution in [2.45, 2.75) is 32.1 Å². The Labute approximate surface area is 103 Å². The largest absolute Gasteiger partial charge is 0.493 e. The molecule has 1 aromatic carbocycles. The van der Waals surface area contributed by atoms with Crippen molar-refractivity contribution in [2.75, 3.05) is 20.3 Å². The Bertz CT molecular complexity index is 302. The molecule has 0 amide bonds. The molecule has 0 bridgehead atoms. The first-order chi connectivity index (χ1) is 8.33. The molecule has 0 aliphatic heterocycles. The number of methoxy groups -OCH3 is 1. The van der Waals surface area contributed by atoms with Crippen molar-refractivity contribution in [3.63, 3.8) is 0 Å². The summed E-state index contributed by atoms with van der Waals surface area (Å²) in [6.07, 6.45) is 5.70. The smallest absolute Gasteiger partial charge is 0.126 e. The van der Waals surface area contributed by atoms with Gasteiger partial charge in [0, 0.05) is 19.8 Å². The van der Waals surface area contributed by atoms with Gasteiger partial charge in [-0.15, -0.1) is 0 Å². The topological polar surface area (TPSA) is 18.5 Å². The number of unbranched alkanes of at least 4 members (excludes halogenated alkanes) is 4. The maximum absolute atomic E-state index is 12.8. The fourth-order valence-corrected chi connectivity index (χ4v) is 1.63. The highest BCUT2D eigenvalue weighted by atomic mass is 19.1. The standard InChI is InChI=1S/C14H21FO2/c1-16-10-5-3-2-4-6-11-17-14-9-7-8-13(15)12-14/h7-9,12H,2-6,10-11H2,1H3. The van der Waals surface area contributed by atoms with Crippen molar-refractivity contribution in [2.24, 2.45) is 0 Å². The van der Waals surface area contributed by atoms with Crippen molar-refractivity contribution in [1.29, 1.82) is 0 Å². The van der Waals surface area contributed by atoms with Gasteiger partial charge in [-0.3, -0.25) is 0 Å². The molecule has 0 atom stereocenters. The van der Waals surface area contributed by atoms with E-state index in [9.17, 15) is 4.39 Å². The van der Waals surface area contributed by atoms with Crippen LogP contribution in [-0.4, -0.2) is 20.3 Å². The van der Waals surface area contributed by atoms with Gasteiger partial charge in [0.05, 0.1) is 6.61 Å². The van der Waals surface area contributed by atoms with Gasteiger partial charge in [0.25, 0.3) is 0 Å². The summed E-state index contributed by atoms with van der Waals surface area (Å²) >= 11 is 0. The second-order valence-corrected chi connectivity index (χ2v) is 4.07. The summed E-state index contributed by atoms with van der Waals surface area (Å²) in [6.45, 7) is 1.51. The van der Waals surface area contributed by atoms with E-state index in [1.54, 1.807) is 19.2 Å². The summed E-state index contributed by atoms with van der Waals surface area (Å²) in [4.78, 5) is 0. The molecule has 2 nitrogen and oxygen atoms in total. The molecule has 0 N–H and O–H groups in total. The van der Waals surface area contributed by atoms with Gasteiger partial charge < -0.3 is 9.47 Å². The zero-order chi connectivity index (χ0) is 12.3. The van der Waals surface area contributed by atoms with Crippen LogP contribution in [0, 0.1) is 5.82 Å². The quantitative estimate of drug-likeness (QED) is 0.611. The van der Waals surface area contributed by atoms with Crippen LogP contribution in [0.2, 0.25) is 0 Å². The average Bonchev–Trinajstić information content (AvgIpc) is 2.33. The molecular weight excluding hydrogens is 219 g/mol. The lowest BCUT2D eigenvalue weighted by Gasteiger charge is -2.06. The van der Waals surface area contributed by atoms with E-state index in [2.05, 4.69) is 0 Å². The number of ether oxygens (including phenoxy) is 2. The molecular formula is C14H21FO2. The zero-order valence-corrected chi connectivity index (χ0v) is 10.5. The molecule has 0 saturated carbocycles. The van der Waals surface area contributed by atoms with E-state index in [0.29, 0.717) is 12.4 Å². The summed E-state index contributed by atoms with van der Waals surface area (Å²) in [6, 6.07) is 6.28. The van der Waals surface area contributed by atoms with Gasteiger partial charge in [0.1, 0.15) is 11.6 Å². The first kappa shape index (κ1) is 14.0. The zero-order valence-electron chi connectivity index (χ0n) is 10.5. The van der Waals surface area contributed by atoms with Gasteiger partial charge >= 0.3 is 0 Å². The Morgan fingerprint density at radius 2 is 1.71 bits per heavy atom. The van der Waals surface area contributed by atoms with Crippen LogP contribution in [0.5, 0.6) is 5.75 Å². The van der Waals surface area contributed by atoms with Crippen molar-refractivity contribution in [3.8, 4) is 5.75 Å². The molecule has 0 heterocycles. The van der Waals surface area contributed by atoms with E-state index in [-0.39, 0.29) is 5.82 Å². The molecule has 0 radical (unpaired) electrons. The molecule has 0 aromatic heterocycles. The molecule has 0 saturated heterocycles. The minimum atomic E-state index is -0.248. The van der Waals surface area contributed by atoms with Gasteiger partial charge in [-0.1, -0.05) is 25.3 Å². The van der Waals surface area contributed by atoms with Crippen LogP contribution in [0.4, 0.5) is 4.39 Å². The molecule has 0 fully saturated rings. The highest BCUT2D eigenvalue weighted by Gasteiger charge is 1.96. The molecule has 1 aromatic rings. The maximum atomic E-state index is 12.8. The second kappa shape index (κ2) is 8.99. The highest BCUT2D eigenvalue weighted by Crippen LogP contribution is 2.12. The SMILES string of the molecule is COCCCCCCCOc1cccc(F)c1. The van der Waals surface area contributed by atoms with E-state index >= 15 is 0 Å². The molecule has 0 aliphatic rings. The highest BCUT2D eigenvalue weighted by molar-refractivity contribution is 5.22. The summed E-state index contributed by atoms with van der Waals surface area (Å²) in [5, 5.41) is 0. The molecule has 0 spiro atoms. The van der Waals surface area contributed by atoms with Crippen molar-refractivity contribution in [1.82, 2.24) is 0 Å². The van der Waals surface area contributed by atoms with E-state index in [0.717, 1.165) is 25.9 Å². The van der Waals surface area contributed by atoms with E-state index in [4.69, 9.17) is 9.47 Å². The van der Waals surface area contributed by atoms with E-state index in [1.807, 2.05) is 0 Å². The number of hydrogen-bond donors (Lipinski definition) is 0. The lowest BCUT2D eigenvalue weighted by atomic mass is 10.1. The minimum Gasteiger partial charge on any atom is -0.493 e. The van der Waals surface area contributed by atoms with E-state index in [1.165, 1.54) is 25.0 Å². The minimum absolute atomic E-state index is 0.248. The normalized spacial score (nSPS) is 10.5. The first-order valence-corrected chi connectivity index (χ1v) is 6.20. The van der Waals surface area contributed by atoms with Gasteiger partial charge in [-0.05, 0) is 25.0 Å². The molecule has 1 rings (SSSR count). The van der Waals surface area contributed by atoms with Crippen LogP contribution in [0.15, 0.2) is 24.3 Å². The third-order valence-corrected chi connectivity index (χ3v) is 2.56. The van der Waals surface area contributed by atoms with Crippen molar-refractivity contribution in [3.05, 3.63) is 30.1 Å². The van der Waals surface area contributed by atoms with Crippen LogP contribution in [0.25, 0.3) is 0 Å². The molecule has 0 unspecified atom stereocenters. The fourth-order valence-electron chi connectivity index (χ4n) is 1.63. The predicted molar refractivity (Wildman–Crippen MR) is 66.9 cm³/mol. The fraction of sp³-hybridized carbons (Fsp3) is 0.571. The average molecular weight is 240 g/mol. The Morgan fingerprint density at radius 3 is 2.41 bits per heavy atom. The van der Waals surface area contributed by atoms with Crippen LogP contribution in [-0.2, 0) is 4.74 Å². The summed E-state index contributed by atoms with van der Waals surface area (Å²) in [5.41, 5.74) is 0. The lowest BCUT2D eigenvalue weighted by molar-refractivity contribution is 0.191. The molecule has 17 heavy (non-hydrogen) atoms. The second-order valence-electron chi connectivity index (χ2n) is 4.07. The van der Waals surface area contributed by atoms with Gasteiger partial charge in [0.15, 0.2) is 0 Å². The summed E-state index contributed by atoms with van der Waals surface area (Å²) in [7, 11) is 1.73. The Hall–Kier alpha value is -1.09. The predicted octanol–water partition coefficient (Wildman–Crippen LogP) is 3.80. The van der Waals surface area contributed by atoms with Gasteiger partial charge in [-0.2, -0.15) is 0 Å². The summed E-state index contributed by atoms with van der Waals surface area (Å²) < 4.78 is 23.3.